The van der Waals surface area contributed by atoms with Crippen molar-refractivity contribution < 1.29 is 27.4 Å². The minimum Gasteiger partial charge on any atom is -0.367 e. The van der Waals surface area contributed by atoms with E-state index in [-0.39, 0.29) is 35.3 Å². The van der Waals surface area contributed by atoms with Crippen molar-refractivity contribution in [2.45, 2.75) is 44.2 Å². The SMILES string of the molecule is O=[N+]([O-])c1cc([C@H]2CC[C@H](c3cc([N+](=O)[O-])c(Cl)cc3F)N2c2cc(F)c(N3CCC(Cc4ccccc4)CC3)c(F)c2)c(F)cc1Cl. The molecule has 0 unspecified atom stereocenters. The number of halogens is 6. The van der Waals surface area contributed by atoms with Gasteiger partial charge < -0.3 is 9.80 Å². The lowest BCUT2D eigenvalue weighted by molar-refractivity contribution is -0.384. The fourth-order valence-corrected chi connectivity index (χ4v) is 7.43. The van der Waals surface area contributed by atoms with E-state index in [9.17, 15) is 20.2 Å². The number of hydrogen-bond acceptors (Lipinski definition) is 6. The Morgan fingerprint density at radius 1 is 0.688 bits per heavy atom. The van der Waals surface area contributed by atoms with Gasteiger partial charge in [0.25, 0.3) is 11.4 Å². The number of nitrogens with zero attached hydrogens (tertiary/aromatic N) is 4. The highest BCUT2D eigenvalue weighted by Gasteiger charge is 2.41. The van der Waals surface area contributed by atoms with Gasteiger partial charge in [-0.25, -0.2) is 17.6 Å². The number of nitro groups is 2. The van der Waals surface area contributed by atoms with Gasteiger partial charge in [-0.15, -0.1) is 0 Å². The number of rotatable bonds is 8. The summed E-state index contributed by atoms with van der Waals surface area (Å²) in [5, 5.41) is 22.4. The van der Waals surface area contributed by atoms with E-state index in [0.29, 0.717) is 19.0 Å². The van der Waals surface area contributed by atoms with Crippen molar-refractivity contribution in [1.82, 2.24) is 0 Å². The Morgan fingerprint density at radius 2 is 1.17 bits per heavy atom. The van der Waals surface area contributed by atoms with Gasteiger partial charge in [-0.2, -0.15) is 0 Å². The average molecular weight is 704 g/mol. The van der Waals surface area contributed by atoms with Crippen LogP contribution in [0.3, 0.4) is 0 Å². The Labute approximate surface area is 282 Å². The van der Waals surface area contributed by atoms with E-state index in [2.05, 4.69) is 0 Å². The zero-order chi connectivity index (χ0) is 34.3. The summed E-state index contributed by atoms with van der Waals surface area (Å²) < 4.78 is 62.8. The number of benzene rings is 4. The molecular formula is C34H28Cl2F4N4O4. The summed E-state index contributed by atoms with van der Waals surface area (Å²) in [5.41, 5.74) is -0.732. The first-order chi connectivity index (χ1) is 22.9. The molecule has 0 spiro atoms. The molecular weight excluding hydrogens is 675 g/mol. The van der Waals surface area contributed by atoms with Gasteiger partial charge >= 0.3 is 0 Å². The number of nitro benzene ring substituents is 2. The summed E-state index contributed by atoms with van der Waals surface area (Å²) in [7, 11) is 0. The highest BCUT2D eigenvalue weighted by Crippen LogP contribution is 2.50. The molecule has 250 valence electrons. The van der Waals surface area contributed by atoms with Gasteiger partial charge in [0.1, 0.15) is 27.4 Å². The third kappa shape index (κ3) is 6.51. The molecule has 14 heteroatoms. The Bertz CT molecular complexity index is 1790. The molecule has 0 radical (unpaired) electrons. The van der Waals surface area contributed by atoms with E-state index in [1.165, 1.54) is 10.5 Å². The normalized spacial score (nSPS) is 18.4. The monoisotopic (exact) mass is 702 g/mol. The van der Waals surface area contributed by atoms with E-state index >= 15 is 17.6 Å². The van der Waals surface area contributed by atoms with Gasteiger partial charge in [-0.05, 0) is 67.9 Å². The second-order valence-electron chi connectivity index (χ2n) is 12.1. The molecule has 2 aliphatic heterocycles. The van der Waals surface area contributed by atoms with Crippen LogP contribution >= 0.6 is 23.2 Å². The van der Waals surface area contributed by atoms with Crippen LogP contribution in [0.2, 0.25) is 10.0 Å². The second-order valence-corrected chi connectivity index (χ2v) is 12.9. The van der Waals surface area contributed by atoms with Gasteiger partial charge in [-0.1, -0.05) is 53.5 Å². The highest BCUT2D eigenvalue weighted by molar-refractivity contribution is 6.33. The largest absolute Gasteiger partial charge is 0.367 e. The number of anilines is 2. The first-order valence-electron chi connectivity index (χ1n) is 15.3. The van der Waals surface area contributed by atoms with Crippen molar-refractivity contribution in [2.75, 3.05) is 22.9 Å². The van der Waals surface area contributed by atoms with Crippen LogP contribution in [-0.2, 0) is 6.42 Å². The maximum Gasteiger partial charge on any atom is 0.288 e. The molecule has 4 aromatic rings. The third-order valence-corrected chi connectivity index (χ3v) is 9.83. The van der Waals surface area contributed by atoms with Crippen molar-refractivity contribution in [3.05, 3.63) is 137 Å². The average Bonchev–Trinajstić information content (AvgIpc) is 3.46. The Balaban J connectivity index is 1.38. The lowest BCUT2D eigenvalue weighted by atomic mass is 9.90. The summed E-state index contributed by atoms with van der Waals surface area (Å²) >= 11 is 11.8. The standard InChI is InChI=1S/C34H28Cl2F4N4O4/c35-24-17-26(37)22(15-32(24)43(45)46)30-6-7-31(23-16-33(44(47)48)25(36)18-27(23)38)42(30)21-13-28(39)34(29(40)14-21)41-10-8-20(9-11-41)12-19-4-2-1-3-5-19/h1-5,13-18,20,30-31H,6-12H2/t30-,31-/m1/s1. The summed E-state index contributed by atoms with van der Waals surface area (Å²) in [6, 6.07) is 13.4. The quantitative estimate of drug-likeness (QED) is 0.103. The fraction of sp³-hybridized carbons (Fsp3) is 0.294. The molecule has 0 bridgehead atoms. The molecule has 0 amide bonds. The molecule has 2 heterocycles. The van der Waals surface area contributed by atoms with Gasteiger partial charge in [0.15, 0.2) is 11.6 Å². The molecule has 4 aromatic carbocycles. The predicted octanol–water partition coefficient (Wildman–Crippen LogP) is 9.91. The van der Waals surface area contributed by atoms with Crippen LogP contribution in [-0.4, -0.2) is 22.9 Å². The highest BCUT2D eigenvalue weighted by atomic mass is 35.5. The summed E-state index contributed by atoms with van der Waals surface area (Å²) in [6.07, 6.45) is 2.39. The van der Waals surface area contributed by atoms with Gasteiger partial charge in [0, 0.05) is 42.0 Å². The van der Waals surface area contributed by atoms with Crippen molar-refractivity contribution in [2.24, 2.45) is 5.92 Å². The lowest BCUT2D eigenvalue weighted by Gasteiger charge is -2.36. The van der Waals surface area contributed by atoms with Crippen LogP contribution in [0.4, 0.5) is 40.3 Å². The minimum atomic E-state index is -1.08. The Kier molecular flexibility index (Phi) is 9.48. The van der Waals surface area contributed by atoms with E-state index in [1.807, 2.05) is 30.3 Å². The molecule has 0 aromatic heterocycles. The molecule has 2 fully saturated rings. The van der Waals surface area contributed by atoms with Crippen LogP contribution in [0.15, 0.2) is 66.7 Å². The van der Waals surface area contributed by atoms with Crippen molar-refractivity contribution in [3.63, 3.8) is 0 Å². The molecule has 8 nitrogen and oxygen atoms in total. The minimum absolute atomic E-state index is 0.0517. The van der Waals surface area contributed by atoms with Gasteiger partial charge in [0.2, 0.25) is 0 Å². The summed E-state index contributed by atoms with van der Waals surface area (Å²) in [4.78, 5) is 24.7. The van der Waals surface area contributed by atoms with Gasteiger partial charge in [-0.3, -0.25) is 20.2 Å². The maximum absolute atomic E-state index is 16.0. The van der Waals surface area contributed by atoms with E-state index in [1.54, 1.807) is 4.90 Å². The van der Waals surface area contributed by atoms with E-state index in [4.69, 9.17) is 23.2 Å². The van der Waals surface area contributed by atoms with Crippen LogP contribution in [0, 0.1) is 49.4 Å². The molecule has 0 aliphatic carbocycles. The van der Waals surface area contributed by atoms with Crippen molar-refractivity contribution in [1.29, 1.82) is 0 Å². The second kappa shape index (κ2) is 13.6. The molecule has 0 saturated carbocycles. The topological polar surface area (TPSA) is 92.8 Å². The van der Waals surface area contributed by atoms with Crippen molar-refractivity contribution in [3.8, 4) is 0 Å². The van der Waals surface area contributed by atoms with Crippen LogP contribution in [0.25, 0.3) is 0 Å². The molecule has 0 N–H and O–H groups in total. The molecule has 2 aliphatic rings. The molecule has 48 heavy (non-hydrogen) atoms. The first kappa shape index (κ1) is 33.5. The molecule has 2 saturated heterocycles. The molecule has 6 rings (SSSR count). The van der Waals surface area contributed by atoms with E-state index < -0.39 is 66.6 Å². The van der Waals surface area contributed by atoms with E-state index in [0.717, 1.165) is 55.7 Å². The summed E-state index contributed by atoms with van der Waals surface area (Å²) in [6.45, 7) is 0.831. The summed E-state index contributed by atoms with van der Waals surface area (Å²) in [5.74, 6) is -3.29. The van der Waals surface area contributed by atoms with Gasteiger partial charge in [0.05, 0.1) is 21.9 Å². The third-order valence-electron chi connectivity index (χ3n) is 9.23. The smallest absolute Gasteiger partial charge is 0.288 e. The first-order valence-corrected chi connectivity index (χ1v) is 16.0. The Morgan fingerprint density at radius 3 is 1.62 bits per heavy atom. The van der Waals surface area contributed by atoms with Crippen LogP contribution in [0.1, 0.15) is 54.5 Å². The predicted molar refractivity (Wildman–Crippen MR) is 175 cm³/mol. The number of hydrogen-bond donors (Lipinski definition) is 0. The van der Waals surface area contributed by atoms with Crippen LogP contribution in [0.5, 0.6) is 0 Å². The van der Waals surface area contributed by atoms with Crippen LogP contribution < -0.4 is 9.80 Å². The Hall–Kier alpha value is -4.42. The maximum atomic E-state index is 16.0. The van der Waals surface area contributed by atoms with Crippen molar-refractivity contribution >= 4 is 46.0 Å². The molecule has 2 atom stereocenters. The zero-order valence-electron chi connectivity index (χ0n) is 25.2. The number of piperidine rings is 1. The zero-order valence-corrected chi connectivity index (χ0v) is 26.7. The lowest BCUT2D eigenvalue weighted by Crippen LogP contribution is -2.35. The fourth-order valence-electron chi connectivity index (χ4n) is 6.99.